The highest BCUT2D eigenvalue weighted by atomic mass is 32.2. The average molecular weight is 299 g/mol. The number of hydrogen-bond donors (Lipinski definition) is 1. The Kier molecular flexibility index (Phi) is 4.20. The van der Waals surface area contributed by atoms with Crippen LogP contribution in [0.15, 0.2) is 35.5 Å². The summed E-state index contributed by atoms with van der Waals surface area (Å²) in [7, 11) is 0. The molecule has 0 atom stereocenters. The number of thioether (sulfide) groups is 1. The Labute approximate surface area is 128 Å². The monoisotopic (exact) mass is 299 g/mol. The Morgan fingerprint density at radius 3 is 2.67 bits per heavy atom. The van der Waals surface area contributed by atoms with E-state index in [9.17, 15) is 4.79 Å². The molecule has 1 heterocycles. The first-order valence-corrected chi connectivity index (χ1v) is 8.28. The molecular weight excluding hydrogens is 282 g/mol. The summed E-state index contributed by atoms with van der Waals surface area (Å²) in [6, 6.07) is 7.82. The lowest BCUT2D eigenvalue weighted by molar-refractivity contribution is 0.102. The van der Waals surface area contributed by atoms with E-state index in [1.165, 1.54) is 11.2 Å². The molecule has 1 N–H and O–H groups in total. The molecule has 0 fully saturated rings. The first-order valence-electron chi connectivity index (χ1n) is 7.06. The number of amides is 1. The number of carbonyl (C=O) groups excluding carboxylic acids is 1. The van der Waals surface area contributed by atoms with E-state index in [-0.39, 0.29) is 5.91 Å². The molecule has 0 unspecified atom stereocenters. The Bertz CT molecular complexity index is 655. The Balaban J connectivity index is 1.82. The molecule has 4 nitrogen and oxygen atoms in total. The van der Waals surface area contributed by atoms with E-state index in [1.54, 1.807) is 11.8 Å². The van der Waals surface area contributed by atoms with Crippen LogP contribution in [0, 0.1) is 0 Å². The summed E-state index contributed by atoms with van der Waals surface area (Å²) in [5.41, 5.74) is 3.36. The van der Waals surface area contributed by atoms with Crippen molar-refractivity contribution in [2.45, 2.75) is 30.6 Å². The van der Waals surface area contributed by atoms with Crippen LogP contribution < -0.4 is 5.32 Å². The molecule has 0 aliphatic heterocycles. The van der Waals surface area contributed by atoms with Gasteiger partial charge in [-0.25, -0.2) is 9.97 Å². The van der Waals surface area contributed by atoms with Gasteiger partial charge in [0.2, 0.25) is 0 Å². The standard InChI is InChI=1S/C16H17N3OS/c1-21-12-8-6-11(7-9-12)19-16(20)15-13-4-2-3-5-14(13)17-10-18-15/h6-10H,2-5H2,1H3,(H,19,20). The molecule has 1 aromatic heterocycles. The number of hydrogen-bond acceptors (Lipinski definition) is 4. The Morgan fingerprint density at radius 2 is 1.90 bits per heavy atom. The molecule has 0 bridgehead atoms. The van der Waals surface area contributed by atoms with Gasteiger partial charge in [0, 0.05) is 21.8 Å². The number of benzene rings is 1. The van der Waals surface area contributed by atoms with Crippen LogP contribution in [0.25, 0.3) is 0 Å². The van der Waals surface area contributed by atoms with Crippen LogP contribution in [0.1, 0.15) is 34.6 Å². The van der Waals surface area contributed by atoms with E-state index in [2.05, 4.69) is 15.3 Å². The van der Waals surface area contributed by atoms with Gasteiger partial charge < -0.3 is 5.32 Å². The van der Waals surface area contributed by atoms with E-state index in [0.717, 1.165) is 42.6 Å². The minimum atomic E-state index is -0.146. The average Bonchev–Trinajstić information content (AvgIpc) is 2.55. The number of nitrogens with zero attached hydrogens (tertiary/aromatic N) is 2. The highest BCUT2D eigenvalue weighted by Gasteiger charge is 2.20. The lowest BCUT2D eigenvalue weighted by Gasteiger charge is -2.16. The molecule has 3 rings (SSSR count). The van der Waals surface area contributed by atoms with Gasteiger partial charge in [-0.05, 0) is 56.2 Å². The quantitative estimate of drug-likeness (QED) is 0.883. The van der Waals surface area contributed by atoms with E-state index in [1.807, 2.05) is 30.5 Å². The molecule has 0 saturated heterocycles. The van der Waals surface area contributed by atoms with Crippen molar-refractivity contribution in [2.24, 2.45) is 0 Å². The van der Waals surface area contributed by atoms with Crippen molar-refractivity contribution in [1.82, 2.24) is 9.97 Å². The molecular formula is C16H17N3OS. The van der Waals surface area contributed by atoms with Gasteiger partial charge in [0.15, 0.2) is 0 Å². The largest absolute Gasteiger partial charge is 0.321 e. The lowest BCUT2D eigenvalue weighted by Crippen LogP contribution is -2.19. The zero-order valence-electron chi connectivity index (χ0n) is 11.9. The summed E-state index contributed by atoms with van der Waals surface area (Å²) in [6.45, 7) is 0. The Hall–Kier alpha value is -1.88. The van der Waals surface area contributed by atoms with E-state index >= 15 is 0 Å². The molecule has 5 heteroatoms. The molecule has 1 aliphatic rings. The van der Waals surface area contributed by atoms with Gasteiger partial charge in [-0.1, -0.05) is 0 Å². The molecule has 1 aromatic carbocycles. The Morgan fingerprint density at radius 1 is 1.14 bits per heavy atom. The van der Waals surface area contributed by atoms with Crippen molar-refractivity contribution in [1.29, 1.82) is 0 Å². The minimum absolute atomic E-state index is 0.146. The van der Waals surface area contributed by atoms with E-state index in [4.69, 9.17) is 0 Å². The van der Waals surface area contributed by atoms with Gasteiger partial charge in [0.1, 0.15) is 12.0 Å². The number of fused-ring (bicyclic) bond motifs is 1. The number of carbonyl (C=O) groups is 1. The molecule has 1 amide bonds. The first-order chi connectivity index (χ1) is 10.3. The van der Waals surface area contributed by atoms with Crippen LogP contribution in [-0.4, -0.2) is 22.1 Å². The van der Waals surface area contributed by atoms with E-state index in [0.29, 0.717) is 5.69 Å². The van der Waals surface area contributed by atoms with Crippen LogP contribution in [0.3, 0.4) is 0 Å². The second kappa shape index (κ2) is 6.26. The van der Waals surface area contributed by atoms with Crippen molar-refractivity contribution in [3.05, 3.63) is 47.5 Å². The third kappa shape index (κ3) is 3.08. The molecule has 108 valence electrons. The molecule has 0 spiro atoms. The predicted molar refractivity (Wildman–Crippen MR) is 84.9 cm³/mol. The maximum Gasteiger partial charge on any atom is 0.274 e. The van der Waals surface area contributed by atoms with Crippen molar-refractivity contribution < 1.29 is 4.79 Å². The predicted octanol–water partition coefficient (Wildman–Crippen LogP) is 3.33. The third-order valence-corrected chi connectivity index (χ3v) is 4.43. The second-order valence-corrected chi connectivity index (χ2v) is 5.92. The van der Waals surface area contributed by atoms with E-state index < -0.39 is 0 Å². The zero-order chi connectivity index (χ0) is 14.7. The van der Waals surface area contributed by atoms with Crippen molar-refractivity contribution in [3.8, 4) is 0 Å². The van der Waals surface area contributed by atoms with Gasteiger partial charge in [-0.15, -0.1) is 11.8 Å². The second-order valence-electron chi connectivity index (χ2n) is 5.04. The van der Waals surface area contributed by atoms with Crippen LogP contribution in [0.5, 0.6) is 0 Å². The summed E-state index contributed by atoms with van der Waals surface area (Å²) < 4.78 is 0. The van der Waals surface area contributed by atoms with Crippen molar-refractivity contribution in [2.75, 3.05) is 11.6 Å². The van der Waals surface area contributed by atoms with Crippen molar-refractivity contribution in [3.63, 3.8) is 0 Å². The zero-order valence-corrected chi connectivity index (χ0v) is 12.7. The SMILES string of the molecule is CSc1ccc(NC(=O)c2ncnc3c2CCCC3)cc1. The van der Waals surface area contributed by atoms with Crippen LogP contribution in [0.2, 0.25) is 0 Å². The topological polar surface area (TPSA) is 54.9 Å². The normalized spacial score (nSPS) is 13.6. The fourth-order valence-corrected chi connectivity index (χ4v) is 2.99. The maximum atomic E-state index is 12.4. The fourth-order valence-electron chi connectivity index (χ4n) is 2.58. The van der Waals surface area contributed by atoms with Gasteiger partial charge in [0.25, 0.3) is 5.91 Å². The summed E-state index contributed by atoms with van der Waals surface area (Å²) >= 11 is 1.68. The lowest BCUT2D eigenvalue weighted by atomic mass is 9.94. The van der Waals surface area contributed by atoms with Gasteiger partial charge in [0.05, 0.1) is 0 Å². The maximum absolute atomic E-state index is 12.4. The van der Waals surface area contributed by atoms with Gasteiger partial charge in [-0.3, -0.25) is 4.79 Å². The van der Waals surface area contributed by atoms with Crippen LogP contribution in [-0.2, 0) is 12.8 Å². The first kappa shape index (κ1) is 14.1. The summed E-state index contributed by atoms with van der Waals surface area (Å²) in [5.74, 6) is -0.146. The molecule has 21 heavy (non-hydrogen) atoms. The van der Waals surface area contributed by atoms with Crippen LogP contribution in [0.4, 0.5) is 5.69 Å². The number of anilines is 1. The summed E-state index contributed by atoms with van der Waals surface area (Å²) in [6.07, 6.45) is 7.60. The van der Waals surface area contributed by atoms with Gasteiger partial charge in [-0.2, -0.15) is 0 Å². The van der Waals surface area contributed by atoms with Crippen molar-refractivity contribution >= 4 is 23.4 Å². The fraction of sp³-hybridized carbons (Fsp3) is 0.312. The molecule has 2 aromatic rings. The summed E-state index contributed by atoms with van der Waals surface area (Å²) in [4.78, 5) is 22.1. The third-order valence-electron chi connectivity index (χ3n) is 3.69. The molecule has 0 saturated carbocycles. The number of aromatic nitrogens is 2. The highest BCUT2D eigenvalue weighted by molar-refractivity contribution is 7.98. The number of aryl methyl sites for hydroxylation is 1. The number of rotatable bonds is 3. The number of nitrogens with one attached hydrogen (secondary N) is 1. The van der Waals surface area contributed by atoms with Gasteiger partial charge >= 0.3 is 0 Å². The molecule has 1 aliphatic carbocycles. The molecule has 0 radical (unpaired) electrons. The minimum Gasteiger partial charge on any atom is -0.321 e. The summed E-state index contributed by atoms with van der Waals surface area (Å²) in [5, 5.41) is 2.92. The van der Waals surface area contributed by atoms with Crippen LogP contribution >= 0.6 is 11.8 Å². The highest BCUT2D eigenvalue weighted by Crippen LogP contribution is 2.22. The smallest absolute Gasteiger partial charge is 0.274 e.